The minimum atomic E-state index is -0.318. The van der Waals surface area contributed by atoms with Crippen LogP contribution < -0.4 is 5.32 Å². The molecule has 0 radical (unpaired) electrons. The zero-order chi connectivity index (χ0) is 15.2. The summed E-state index contributed by atoms with van der Waals surface area (Å²) in [7, 11) is 1.88. The van der Waals surface area contributed by atoms with Gasteiger partial charge in [-0.3, -0.25) is 9.88 Å². The Labute approximate surface area is 125 Å². The van der Waals surface area contributed by atoms with E-state index in [-0.39, 0.29) is 24.6 Å². The van der Waals surface area contributed by atoms with Gasteiger partial charge in [0.05, 0.1) is 37.3 Å². The molecule has 6 heteroatoms. The Bertz CT molecular complexity index is 429. The summed E-state index contributed by atoms with van der Waals surface area (Å²) in [6.07, 6.45) is 2.02. The maximum Gasteiger partial charge on any atom is 0.141 e. The molecule has 2 rings (SSSR count). The van der Waals surface area contributed by atoms with Gasteiger partial charge in [-0.05, 0) is 32.5 Å². The predicted octanol–water partition coefficient (Wildman–Crippen LogP) is 0.953. The summed E-state index contributed by atoms with van der Waals surface area (Å²) in [5.74, 6) is -0.318. The second-order valence-electron chi connectivity index (χ2n) is 5.51. The summed E-state index contributed by atoms with van der Waals surface area (Å²) in [6, 6.07) is 3.58. The minimum Gasteiger partial charge on any atom is -0.394 e. The van der Waals surface area contributed by atoms with Crippen molar-refractivity contribution in [2.24, 2.45) is 0 Å². The molecule has 1 aromatic rings. The van der Waals surface area contributed by atoms with Gasteiger partial charge in [0.15, 0.2) is 0 Å². The van der Waals surface area contributed by atoms with E-state index in [1.807, 2.05) is 7.05 Å². The molecule has 5 nitrogen and oxygen atoms in total. The average Bonchev–Trinajstić information content (AvgIpc) is 2.51. The predicted molar refractivity (Wildman–Crippen MR) is 78.5 cm³/mol. The second kappa shape index (κ2) is 7.79. The van der Waals surface area contributed by atoms with Crippen LogP contribution in [0.4, 0.5) is 4.39 Å². The fourth-order valence-corrected chi connectivity index (χ4v) is 2.63. The highest BCUT2D eigenvalue weighted by molar-refractivity contribution is 5.09. The summed E-state index contributed by atoms with van der Waals surface area (Å²) >= 11 is 0. The highest BCUT2D eigenvalue weighted by Crippen LogP contribution is 2.18. The van der Waals surface area contributed by atoms with Gasteiger partial charge >= 0.3 is 0 Å². The molecule has 1 saturated heterocycles. The molecule has 0 spiro atoms. The number of nitrogens with one attached hydrogen (secondary N) is 1. The number of morpholine rings is 1. The first kappa shape index (κ1) is 16.3. The van der Waals surface area contributed by atoms with Gasteiger partial charge in [-0.15, -0.1) is 0 Å². The van der Waals surface area contributed by atoms with Crippen LogP contribution in [-0.4, -0.2) is 60.5 Å². The molecule has 2 heterocycles. The number of aliphatic hydroxyl groups excluding tert-OH is 1. The van der Waals surface area contributed by atoms with Crippen molar-refractivity contribution in [1.82, 2.24) is 15.2 Å². The molecule has 0 saturated carbocycles. The van der Waals surface area contributed by atoms with Crippen LogP contribution >= 0.6 is 0 Å². The molecule has 1 aliphatic heterocycles. The largest absolute Gasteiger partial charge is 0.394 e. The number of hydrogen-bond donors (Lipinski definition) is 2. The normalized spacial score (nSPS) is 25.0. The van der Waals surface area contributed by atoms with Gasteiger partial charge in [-0.25, -0.2) is 4.39 Å². The van der Waals surface area contributed by atoms with E-state index in [2.05, 4.69) is 22.1 Å². The van der Waals surface area contributed by atoms with Gasteiger partial charge in [-0.2, -0.15) is 0 Å². The number of hydrogen-bond acceptors (Lipinski definition) is 5. The van der Waals surface area contributed by atoms with Crippen LogP contribution in [0, 0.1) is 5.82 Å². The van der Waals surface area contributed by atoms with Crippen molar-refractivity contribution in [3.63, 3.8) is 0 Å². The first-order chi connectivity index (χ1) is 10.1. The van der Waals surface area contributed by atoms with Gasteiger partial charge in [0, 0.05) is 19.1 Å². The summed E-state index contributed by atoms with van der Waals surface area (Å²) < 4.78 is 18.5. The van der Waals surface area contributed by atoms with Crippen molar-refractivity contribution in [3.8, 4) is 0 Å². The highest BCUT2D eigenvalue weighted by Gasteiger charge is 2.26. The fraction of sp³-hybridized carbons (Fsp3) is 0.667. The first-order valence-corrected chi connectivity index (χ1v) is 7.39. The highest BCUT2D eigenvalue weighted by atomic mass is 19.1. The second-order valence-corrected chi connectivity index (χ2v) is 5.51. The summed E-state index contributed by atoms with van der Waals surface area (Å²) in [5.41, 5.74) is 0.846. The Morgan fingerprint density at radius 3 is 3.00 bits per heavy atom. The fourth-order valence-electron chi connectivity index (χ4n) is 2.63. The zero-order valence-electron chi connectivity index (χ0n) is 12.6. The lowest BCUT2D eigenvalue weighted by molar-refractivity contribution is -0.0784. The van der Waals surface area contributed by atoms with Gasteiger partial charge in [0.25, 0.3) is 0 Å². The smallest absolute Gasteiger partial charge is 0.141 e. The standard InChI is InChI=1S/C15H24FN3O2/c1-11-10-21-13(9-20)8-19(11)6-5-14(17-2)15-4-3-12(16)7-18-15/h3-4,7,11,13-14,17,20H,5-6,8-10H2,1-2H3. The van der Waals surface area contributed by atoms with E-state index in [4.69, 9.17) is 4.74 Å². The van der Waals surface area contributed by atoms with E-state index in [0.717, 1.165) is 25.2 Å². The third kappa shape index (κ3) is 4.44. The molecule has 1 fully saturated rings. The number of aromatic nitrogens is 1. The SMILES string of the molecule is CNC(CCN1CC(CO)OCC1C)c1ccc(F)cn1. The maximum atomic E-state index is 12.9. The summed E-state index contributed by atoms with van der Waals surface area (Å²) in [4.78, 5) is 6.46. The van der Waals surface area contributed by atoms with E-state index < -0.39 is 0 Å². The lowest BCUT2D eigenvalue weighted by Gasteiger charge is -2.38. The molecule has 0 aromatic carbocycles. The molecule has 3 unspecified atom stereocenters. The Hall–Kier alpha value is -1.08. The molecule has 0 bridgehead atoms. The molecule has 21 heavy (non-hydrogen) atoms. The van der Waals surface area contributed by atoms with Crippen LogP contribution in [0.15, 0.2) is 18.3 Å². The first-order valence-electron chi connectivity index (χ1n) is 7.39. The number of ether oxygens (including phenoxy) is 1. The monoisotopic (exact) mass is 297 g/mol. The molecule has 3 atom stereocenters. The lowest BCUT2D eigenvalue weighted by Crippen LogP contribution is -2.50. The van der Waals surface area contributed by atoms with E-state index >= 15 is 0 Å². The van der Waals surface area contributed by atoms with Crippen LogP contribution in [0.5, 0.6) is 0 Å². The third-order valence-corrected chi connectivity index (χ3v) is 4.00. The van der Waals surface area contributed by atoms with Gasteiger partial charge in [0.2, 0.25) is 0 Å². The van der Waals surface area contributed by atoms with Crippen molar-refractivity contribution in [3.05, 3.63) is 29.8 Å². The van der Waals surface area contributed by atoms with Crippen LogP contribution in [0.1, 0.15) is 25.1 Å². The third-order valence-electron chi connectivity index (χ3n) is 4.00. The number of halogens is 1. The van der Waals surface area contributed by atoms with Gasteiger partial charge in [-0.1, -0.05) is 0 Å². The number of nitrogens with zero attached hydrogens (tertiary/aromatic N) is 2. The molecular weight excluding hydrogens is 273 g/mol. The topological polar surface area (TPSA) is 57.6 Å². The Morgan fingerprint density at radius 1 is 1.57 bits per heavy atom. The Kier molecular flexibility index (Phi) is 6.05. The van der Waals surface area contributed by atoms with Crippen molar-refractivity contribution >= 4 is 0 Å². The molecular formula is C15H24FN3O2. The molecule has 118 valence electrons. The van der Waals surface area contributed by atoms with Crippen molar-refractivity contribution < 1.29 is 14.2 Å². The minimum absolute atomic E-state index is 0.0538. The molecule has 2 N–H and O–H groups in total. The number of pyridine rings is 1. The van der Waals surface area contributed by atoms with Gasteiger partial charge in [0.1, 0.15) is 5.82 Å². The molecule has 0 aliphatic carbocycles. The van der Waals surface area contributed by atoms with Crippen LogP contribution in [0.3, 0.4) is 0 Å². The zero-order valence-corrected chi connectivity index (χ0v) is 12.6. The maximum absolute atomic E-state index is 12.9. The van der Waals surface area contributed by atoms with E-state index in [9.17, 15) is 9.50 Å². The van der Waals surface area contributed by atoms with Crippen molar-refractivity contribution in [1.29, 1.82) is 0 Å². The lowest BCUT2D eigenvalue weighted by atomic mass is 10.1. The Balaban J connectivity index is 1.91. The van der Waals surface area contributed by atoms with Crippen LogP contribution in [0.2, 0.25) is 0 Å². The Morgan fingerprint density at radius 2 is 2.38 bits per heavy atom. The van der Waals surface area contributed by atoms with Crippen molar-refractivity contribution in [2.75, 3.05) is 33.4 Å². The summed E-state index contributed by atoms with van der Waals surface area (Å²) in [5, 5.41) is 12.4. The quantitative estimate of drug-likeness (QED) is 0.819. The number of aliphatic hydroxyl groups is 1. The van der Waals surface area contributed by atoms with Gasteiger partial charge < -0.3 is 15.2 Å². The summed E-state index contributed by atoms with van der Waals surface area (Å²) in [6.45, 7) is 4.44. The molecule has 1 aromatic heterocycles. The van der Waals surface area contributed by atoms with Crippen LogP contribution in [-0.2, 0) is 4.74 Å². The average molecular weight is 297 g/mol. The number of rotatable bonds is 6. The van der Waals surface area contributed by atoms with E-state index in [1.165, 1.54) is 12.3 Å². The van der Waals surface area contributed by atoms with E-state index in [1.54, 1.807) is 6.07 Å². The van der Waals surface area contributed by atoms with Crippen LogP contribution in [0.25, 0.3) is 0 Å². The molecule has 0 amide bonds. The molecule has 1 aliphatic rings. The van der Waals surface area contributed by atoms with Crippen molar-refractivity contribution in [2.45, 2.75) is 31.5 Å². The van der Waals surface area contributed by atoms with E-state index in [0.29, 0.717) is 12.6 Å².